The number of para-hydroxylation sites is 1. The molecule has 1 fully saturated rings. The van der Waals surface area contributed by atoms with Crippen LogP contribution in [0.4, 0.5) is 0 Å². The van der Waals surface area contributed by atoms with E-state index in [1.54, 1.807) is 12.1 Å². The molecule has 2 aromatic carbocycles. The van der Waals surface area contributed by atoms with Gasteiger partial charge in [0.2, 0.25) is 0 Å². The number of aliphatic hydroxyl groups excluding tert-OH is 1. The van der Waals surface area contributed by atoms with Gasteiger partial charge in [-0.25, -0.2) is 4.79 Å². The first-order valence-electron chi connectivity index (χ1n) is 10.8. The Kier molecular flexibility index (Phi) is 6.28. The first-order chi connectivity index (χ1) is 15.0. The number of hydrogen-bond acceptors (Lipinski definition) is 6. The number of carbonyl (C=O) groups is 2. The van der Waals surface area contributed by atoms with Gasteiger partial charge in [-0.2, -0.15) is 0 Å². The van der Waals surface area contributed by atoms with E-state index in [1.165, 1.54) is 7.11 Å². The van der Waals surface area contributed by atoms with Crippen LogP contribution in [0.15, 0.2) is 42.5 Å². The van der Waals surface area contributed by atoms with Crippen molar-refractivity contribution in [2.24, 2.45) is 5.92 Å². The number of benzene rings is 2. The number of aliphatic hydroxyl groups is 1. The van der Waals surface area contributed by atoms with Gasteiger partial charge in [0.15, 0.2) is 0 Å². The van der Waals surface area contributed by atoms with E-state index in [0.717, 1.165) is 22.4 Å². The molecule has 1 aliphatic heterocycles. The lowest BCUT2D eigenvalue weighted by Crippen LogP contribution is -2.27. The summed E-state index contributed by atoms with van der Waals surface area (Å²) in [6.07, 6.45) is 1.78. The summed E-state index contributed by atoms with van der Waals surface area (Å²) >= 11 is 0. The second kappa shape index (κ2) is 9.10. The third-order valence-corrected chi connectivity index (χ3v) is 6.37. The minimum atomic E-state index is -0.398. The average molecular weight is 424 g/mol. The monoisotopic (exact) mass is 424 g/mol. The minimum absolute atomic E-state index is 0.0172. The van der Waals surface area contributed by atoms with Gasteiger partial charge in [0, 0.05) is 30.2 Å². The molecule has 1 aliphatic carbocycles. The van der Waals surface area contributed by atoms with Gasteiger partial charge in [-0.05, 0) is 37.5 Å². The molecule has 0 saturated heterocycles. The average Bonchev–Trinajstić information content (AvgIpc) is 3.29. The summed E-state index contributed by atoms with van der Waals surface area (Å²) in [6.45, 7) is 1.88. The summed E-state index contributed by atoms with van der Waals surface area (Å²) in [5.74, 6) is 0.0237. The zero-order valence-corrected chi connectivity index (χ0v) is 17.9. The smallest absolute Gasteiger partial charge is 0.338 e. The molecule has 1 heterocycles. The predicted molar refractivity (Wildman–Crippen MR) is 114 cm³/mol. The SMILES string of the molecule is COC(=O)CCCc1cccc2c1O[C@H]1C[C@@H](OC(=O)c3ccc(C)cc3)[C@H](CO)[C@@H]21. The summed E-state index contributed by atoms with van der Waals surface area (Å²) < 4.78 is 16.8. The Balaban J connectivity index is 1.47. The molecule has 1 saturated carbocycles. The van der Waals surface area contributed by atoms with E-state index in [4.69, 9.17) is 14.2 Å². The van der Waals surface area contributed by atoms with Crippen molar-refractivity contribution in [2.75, 3.05) is 13.7 Å². The maximum absolute atomic E-state index is 12.6. The highest BCUT2D eigenvalue weighted by molar-refractivity contribution is 5.89. The van der Waals surface area contributed by atoms with E-state index >= 15 is 0 Å². The number of carbonyl (C=O) groups excluding carboxylic acids is 2. The maximum atomic E-state index is 12.6. The van der Waals surface area contributed by atoms with Crippen molar-refractivity contribution < 1.29 is 28.9 Å². The zero-order chi connectivity index (χ0) is 22.0. The molecular formula is C25H28O6. The van der Waals surface area contributed by atoms with E-state index in [1.807, 2.05) is 37.3 Å². The second-order valence-corrected chi connectivity index (χ2v) is 8.34. The number of esters is 2. The van der Waals surface area contributed by atoms with Crippen LogP contribution in [0.5, 0.6) is 5.75 Å². The molecule has 1 N–H and O–H groups in total. The summed E-state index contributed by atoms with van der Waals surface area (Å²) in [4.78, 5) is 24.0. The quantitative estimate of drug-likeness (QED) is 0.685. The van der Waals surface area contributed by atoms with Gasteiger partial charge in [-0.3, -0.25) is 4.79 Å². The zero-order valence-electron chi connectivity index (χ0n) is 17.9. The van der Waals surface area contributed by atoms with Crippen LogP contribution in [-0.4, -0.2) is 43.0 Å². The van der Waals surface area contributed by atoms with Crippen LogP contribution >= 0.6 is 0 Å². The molecule has 0 radical (unpaired) electrons. The van der Waals surface area contributed by atoms with Crippen LogP contribution in [0.25, 0.3) is 0 Å². The fraction of sp³-hybridized carbons (Fsp3) is 0.440. The van der Waals surface area contributed by atoms with Crippen molar-refractivity contribution in [3.05, 3.63) is 64.7 Å². The molecule has 4 rings (SSSR count). The van der Waals surface area contributed by atoms with Gasteiger partial charge >= 0.3 is 11.9 Å². The maximum Gasteiger partial charge on any atom is 0.338 e. The third-order valence-electron chi connectivity index (χ3n) is 6.37. The number of fused-ring (bicyclic) bond motifs is 3. The minimum Gasteiger partial charge on any atom is -0.489 e. The first-order valence-corrected chi connectivity index (χ1v) is 10.8. The van der Waals surface area contributed by atoms with Gasteiger partial charge in [-0.15, -0.1) is 0 Å². The standard InChI is InChI=1S/C25H28O6/c1-15-9-11-17(12-10-15)25(28)31-20-13-21-23(19(20)14-26)18-7-3-5-16(24(18)30-21)6-4-8-22(27)29-2/h3,5,7,9-12,19-21,23,26H,4,6,8,13-14H2,1-2H3/t19-,20+,21-,23+/m0/s1. The van der Waals surface area contributed by atoms with Crippen molar-refractivity contribution in [2.45, 2.75) is 50.7 Å². The first kappa shape index (κ1) is 21.4. The molecule has 164 valence electrons. The molecule has 4 atom stereocenters. The molecule has 0 amide bonds. The van der Waals surface area contributed by atoms with E-state index in [0.29, 0.717) is 31.2 Å². The van der Waals surface area contributed by atoms with Gasteiger partial charge in [0.05, 0.1) is 19.3 Å². The lowest BCUT2D eigenvalue weighted by Gasteiger charge is -2.22. The molecule has 0 spiro atoms. The van der Waals surface area contributed by atoms with Crippen molar-refractivity contribution in [3.63, 3.8) is 0 Å². The number of ether oxygens (including phenoxy) is 3. The van der Waals surface area contributed by atoms with E-state index < -0.39 is 6.10 Å². The summed E-state index contributed by atoms with van der Waals surface area (Å²) in [6, 6.07) is 13.3. The van der Waals surface area contributed by atoms with Gasteiger partial charge in [0.25, 0.3) is 0 Å². The van der Waals surface area contributed by atoms with Crippen molar-refractivity contribution >= 4 is 11.9 Å². The van der Waals surface area contributed by atoms with Crippen molar-refractivity contribution in [1.29, 1.82) is 0 Å². The van der Waals surface area contributed by atoms with Crippen LogP contribution < -0.4 is 4.74 Å². The number of rotatable bonds is 7. The molecule has 6 heteroatoms. The third kappa shape index (κ3) is 4.30. The second-order valence-electron chi connectivity index (χ2n) is 8.34. The fourth-order valence-corrected chi connectivity index (χ4v) is 4.76. The predicted octanol–water partition coefficient (Wildman–Crippen LogP) is 3.57. The molecule has 0 aromatic heterocycles. The summed E-state index contributed by atoms with van der Waals surface area (Å²) in [7, 11) is 1.39. The summed E-state index contributed by atoms with van der Waals surface area (Å²) in [5.41, 5.74) is 3.69. The highest BCUT2D eigenvalue weighted by atomic mass is 16.6. The largest absolute Gasteiger partial charge is 0.489 e. The van der Waals surface area contributed by atoms with Crippen molar-refractivity contribution in [3.8, 4) is 5.75 Å². The van der Waals surface area contributed by atoms with Crippen LogP contribution in [-0.2, 0) is 20.7 Å². The molecule has 31 heavy (non-hydrogen) atoms. The number of methoxy groups -OCH3 is 1. The summed E-state index contributed by atoms with van der Waals surface area (Å²) in [5, 5.41) is 10.1. The Bertz CT molecular complexity index is 951. The van der Waals surface area contributed by atoms with Gasteiger partial charge in [0.1, 0.15) is 18.0 Å². The molecule has 0 unspecified atom stereocenters. The topological polar surface area (TPSA) is 82.1 Å². The fourth-order valence-electron chi connectivity index (χ4n) is 4.76. The van der Waals surface area contributed by atoms with Crippen LogP contribution in [0, 0.1) is 12.8 Å². The Morgan fingerprint density at radius 1 is 1.16 bits per heavy atom. The highest BCUT2D eigenvalue weighted by Gasteiger charge is 2.51. The Labute approximate surface area is 182 Å². The normalized spacial score (nSPS) is 23.6. The van der Waals surface area contributed by atoms with Crippen LogP contribution in [0.3, 0.4) is 0 Å². The van der Waals surface area contributed by atoms with Gasteiger partial charge < -0.3 is 19.3 Å². The number of aryl methyl sites for hydroxylation is 2. The van der Waals surface area contributed by atoms with E-state index in [-0.39, 0.29) is 36.5 Å². The van der Waals surface area contributed by atoms with Crippen molar-refractivity contribution in [1.82, 2.24) is 0 Å². The van der Waals surface area contributed by atoms with E-state index in [9.17, 15) is 14.7 Å². The molecule has 2 aromatic rings. The Hall–Kier alpha value is -2.86. The molecule has 0 bridgehead atoms. The molecular weight excluding hydrogens is 396 g/mol. The lowest BCUT2D eigenvalue weighted by molar-refractivity contribution is -0.140. The van der Waals surface area contributed by atoms with E-state index in [2.05, 4.69) is 0 Å². The molecule has 6 nitrogen and oxygen atoms in total. The highest BCUT2D eigenvalue weighted by Crippen LogP contribution is 2.52. The molecule has 2 aliphatic rings. The van der Waals surface area contributed by atoms with Crippen LogP contribution in [0.2, 0.25) is 0 Å². The number of hydrogen-bond donors (Lipinski definition) is 1. The Morgan fingerprint density at radius 3 is 2.65 bits per heavy atom. The lowest BCUT2D eigenvalue weighted by atomic mass is 9.87. The Morgan fingerprint density at radius 2 is 1.94 bits per heavy atom. The van der Waals surface area contributed by atoms with Gasteiger partial charge in [-0.1, -0.05) is 35.9 Å². The van der Waals surface area contributed by atoms with Crippen LogP contribution in [0.1, 0.15) is 52.2 Å².